The Morgan fingerprint density at radius 2 is 1.84 bits per heavy atom. The van der Waals surface area contributed by atoms with Crippen molar-refractivity contribution < 1.29 is 43.7 Å². The van der Waals surface area contributed by atoms with Gasteiger partial charge in [-0.15, -0.1) is 0 Å². The number of pyridine rings is 1. The average molecular weight is 937 g/mol. The fourth-order valence-electron chi connectivity index (χ4n) is 9.84. The number of phenolic OH excluding ortho intramolecular Hbond substituents is 1. The van der Waals surface area contributed by atoms with Crippen molar-refractivity contribution in [3.8, 4) is 28.1 Å². The Morgan fingerprint density at radius 1 is 1.07 bits per heavy atom. The number of ether oxygens (including phenoxy) is 2. The molecule has 2 fully saturated rings. The summed E-state index contributed by atoms with van der Waals surface area (Å²) in [6.07, 6.45) is 2.89. The lowest BCUT2D eigenvalue weighted by Gasteiger charge is -2.37. The lowest BCUT2D eigenvalue weighted by Crippen LogP contribution is -2.62. The number of phenols is 1. The third-order valence-electron chi connectivity index (χ3n) is 13.5. The second kappa shape index (κ2) is 20.8. The highest BCUT2D eigenvalue weighted by Crippen LogP contribution is 2.42. The number of aromatic nitrogens is 2. The second-order valence-electron chi connectivity index (χ2n) is 19.7. The minimum Gasteiger partial charge on any atom is -0.508 e. The Balaban J connectivity index is 1.27. The van der Waals surface area contributed by atoms with Gasteiger partial charge in [0.15, 0.2) is 0 Å². The number of carbonyl (C=O) groups is 5. The first-order valence-corrected chi connectivity index (χ1v) is 23.7. The van der Waals surface area contributed by atoms with Crippen molar-refractivity contribution in [3.63, 3.8) is 0 Å². The molecule has 0 aliphatic carbocycles. The first kappa shape index (κ1) is 50.0. The zero-order valence-corrected chi connectivity index (χ0v) is 40.9. The molecule has 5 heterocycles. The number of likely N-dealkylation sites (N-methyl/N-ethyl adjacent to an activating group) is 2. The molecule has 2 aromatic heterocycles. The van der Waals surface area contributed by atoms with Gasteiger partial charge in [0.2, 0.25) is 17.7 Å². The smallest absolute Gasteiger partial charge is 0.324 e. The average Bonchev–Trinajstić information content (AvgIpc) is 4.02. The number of nitrogens with one attached hydrogen (secondary N) is 2. The maximum Gasteiger partial charge on any atom is 0.324 e. The molecule has 0 spiro atoms. The van der Waals surface area contributed by atoms with Crippen LogP contribution in [0.2, 0.25) is 0 Å². The third-order valence-corrected chi connectivity index (χ3v) is 13.5. The lowest BCUT2D eigenvalue weighted by molar-refractivity contribution is -0.155. The fourth-order valence-corrected chi connectivity index (χ4v) is 9.84. The van der Waals surface area contributed by atoms with Crippen molar-refractivity contribution in [1.29, 1.82) is 0 Å². The van der Waals surface area contributed by atoms with Gasteiger partial charge in [-0.05, 0) is 97.7 Å². The number of methoxy groups -OCH3 is 1. The second-order valence-corrected chi connectivity index (χ2v) is 19.7. The van der Waals surface area contributed by atoms with E-state index < -0.39 is 59.2 Å². The number of esters is 1. The molecule has 7 rings (SSSR count). The van der Waals surface area contributed by atoms with Gasteiger partial charge in [-0.3, -0.25) is 38.9 Å². The summed E-state index contributed by atoms with van der Waals surface area (Å²) in [5.74, 6) is -2.72. The number of cyclic esters (lactones) is 1. The van der Waals surface area contributed by atoms with Crippen LogP contribution in [0.3, 0.4) is 0 Å². The zero-order valence-electron chi connectivity index (χ0n) is 40.9. The number of carbonyl (C=O) groups excluding carboxylic acids is 5. The molecule has 0 radical (unpaired) electrons. The normalized spacial score (nSPS) is 21.4. The van der Waals surface area contributed by atoms with Crippen molar-refractivity contribution in [2.75, 3.05) is 60.6 Å². The Kier molecular flexibility index (Phi) is 15.3. The summed E-state index contributed by atoms with van der Waals surface area (Å²) in [5.41, 5.74) is 9.41. The molecule has 0 saturated carbocycles. The number of hydrogen-bond acceptors (Lipinski definition) is 12. The number of aromatic hydroxyl groups is 1. The minimum absolute atomic E-state index is 0.0279. The highest BCUT2D eigenvalue weighted by molar-refractivity contribution is 5.96. The van der Waals surface area contributed by atoms with Crippen molar-refractivity contribution in [1.82, 2.24) is 40.0 Å². The third kappa shape index (κ3) is 10.7. The van der Waals surface area contributed by atoms with Crippen LogP contribution in [0.4, 0.5) is 0 Å². The number of fused-ring (bicyclic) bond motifs is 6. The molecule has 4 N–H and O–H groups in total. The van der Waals surface area contributed by atoms with Crippen molar-refractivity contribution in [2.24, 2.45) is 11.3 Å². The zero-order chi connectivity index (χ0) is 49.2. The highest BCUT2D eigenvalue weighted by Gasteiger charge is 2.43. The van der Waals surface area contributed by atoms with Crippen LogP contribution in [0, 0.1) is 11.3 Å². The largest absolute Gasteiger partial charge is 0.508 e. The predicted octanol–water partition coefficient (Wildman–Crippen LogP) is 4.07. The lowest BCUT2D eigenvalue weighted by atomic mass is 9.84. The number of aliphatic hydroxyl groups is 1. The van der Waals surface area contributed by atoms with Gasteiger partial charge in [0.05, 0.1) is 37.3 Å². The van der Waals surface area contributed by atoms with Crippen LogP contribution in [-0.4, -0.2) is 154 Å². The van der Waals surface area contributed by atoms with Crippen molar-refractivity contribution >= 4 is 40.5 Å². The Hall–Kier alpha value is -5.88. The Labute approximate surface area is 398 Å². The molecular formula is C51H68N8O9. The standard InChI is InChI=1S/C51H68N8O9/c1-10-58-41-16-15-33-25-37(41)38(46(58)36-13-11-17-52-44(36)31(4)67-9)26-51(5,6)29-68-50(66)39-14-12-18-59(54-39)48(64)40(23-32-21-34(33)24-35(61)22-32)53-47(63)45(30(2)3)56(8)43(62)28-55(7)49(65)42-27-57(42)19-20-60/h11,13,15-17,21-22,24-25,30-31,39-40,42,45,54,60-61H,10,12,14,18-20,23,26-29H2,1-9H3,(H,53,63)/t31-,39-,40-,42-,45-,57?/m0/s1. The molecule has 17 heteroatoms. The molecule has 6 atom stereocenters. The van der Waals surface area contributed by atoms with E-state index in [1.54, 1.807) is 39.3 Å². The van der Waals surface area contributed by atoms with Crippen LogP contribution in [0.15, 0.2) is 54.7 Å². The molecule has 2 aromatic carbocycles. The SMILES string of the molecule is CCn1c(-c2cccnc2[C@H](C)OC)c2c3cc(ccc31)-c1cc(O)cc(c1)C[C@H](NC(=O)[C@H](C(C)C)N(C)C(=O)CN(C)C(=O)[C@@H]1CN1CCO)C(=O)N1CCC[C@H](N1)C(=O)OCC(C)(C)C2. The fraction of sp³-hybridized carbons (Fsp3) is 0.529. The molecule has 366 valence electrons. The van der Waals surface area contributed by atoms with E-state index in [4.69, 9.17) is 14.5 Å². The monoisotopic (exact) mass is 937 g/mol. The van der Waals surface area contributed by atoms with Crippen LogP contribution < -0.4 is 10.7 Å². The molecule has 4 aromatic rings. The van der Waals surface area contributed by atoms with Gasteiger partial charge < -0.3 is 39.4 Å². The summed E-state index contributed by atoms with van der Waals surface area (Å²) in [6, 6.07) is 11.9. The van der Waals surface area contributed by atoms with E-state index in [1.165, 1.54) is 28.9 Å². The number of β-amino-alcohol motifs (C(OH)–C–C–N with tert-alkyl or cyclic N) is 1. The minimum atomic E-state index is -1.20. The van der Waals surface area contributed by atoms with E-state index in [1.807, 2.05) is 30.0 Å². The van der Waals surface area contributed by atoms with Crippen LogP contribution in [0.1, 0.15) is 77.3 Å². The maximum atomic E-state index is 14.7. The van der Waals surface area contributed by atoms with Gasteiger partial charge in [0, 0.05) is 81.9 Å². The van der Waals surface area contributed by atoms with Gasteiger partial charge in [0.1, 0.15) is 29.9 Å². The first-order valence-electron chi connectivity index (χ1n) is 23.7. The Morgan fingerprint density at radius 3 is 2.54 bits per heavy atom. The maximum absolute atomic E-state index is 14.7. The van der Waals surface area contributed by atoms with E-state index >= 15 is 0 Å². The number of aliphatic hydroxyl groups excluding tert-OH is 1. The van der Waals surface area contributed by atoms with Gasteiger partial charge >= 0.3 is 5.97 Å². The molecule has 2 saturated heterocycles. The number of hydrazine groups is 1. The molecule has 68 heavy (non-hydrogen) atoms. The van der Waals surface area contributed by atoms with Gasteiger partial charge in [-0.2, -0.15) is 0 Å². The number of nitrogens with zero attached hydrogens (tertiary/aromatic N) is 6. The molecule has 3 aliphatic heterocycles. The Bertz CT molecular complexity index is 2540. The topological polar surface area (TPSA) is 199 Å². The van der Waals surface area contributed by atoms with Crippen molar-refractivity contribution in [2.45, 2.75) is 104 Å². The van der Waals surface area contributed by atoms with Crippen LogP contribution in [-0.2, 0) is 52.8 Å². The highest BCUT2D eigenvalue weighted by atomic mass is 16.5. The number of benzene rings is 2. The van der Waals surface area contributed by atoms with E-state index in [9.17, 15) is 34.2 Å². The molecular weight excluding hydrogens is 869 g/mol. The summed E-state index contributed by atoms with van der Waals surface area (Å²) in [6.45, 7) is 13.3. The molecule has 6 bridgehead atoms. The van der Waals surface area contributed by atoms with Crippen LogP contribution in [0.5, 0.6) is 5.75 Å². The van der Waals surface area contributed by atoms with E-state index in [0.717, 1.165) is 39.0 Å². The number of rotatable bonds is 13. The van der Waals surface area contributed by atoms with E-state index in [0.29, 0.717) is 50.0 Å². The summed E-state index contributed by atoms with van der Waals surface area (Å²) in [4.78, 5) is 79.1. The van der Waals surface area contributed by atoms with E-state index in [2.05, 4.69) is 54.3 Å². The molecule has 4 amide bonds. The molecule has 17 nitrogen and oxygen atoms in total. The quantitative estimate of drug-likeness (QED) is 0.111. The summed E-state index contributed by atoms with van der Waals surface area (Å²) in [7, 11) is 4.71. The predicted molar refractivity (Wildman–Crippen MR) is 257 cm³/mol. The van der Waals surface area contributed by atoms with Gasteiger partial charge in [0.25, 0.3) is 5.91 Å². The van der Waals surface area contributed by atoms with Crippen LogP contribution in [0.25, 0.3) is 33.3 Å². The van der Waals surface area contributed by atoms with Crippen molar-refractivity contribution in [3.05, 3.63) is 71.5 Å². The van der Waals surface area contributed by atoms with Crippen LogP contribution >= 0.6 is 0 Å². The summed E-state index contributed by atoms with van der Waals surface area (Å²) >= 11 is 0. The number of amides is 4. The van der Waals surface area contributed by atoms with Gasteiger partial charge in [-0.1, -0.05) is 39.8 Å². The van der Waals surface area contributed by atoms with E-state index in [-0.39, 0.29) is 50.5 Å². The summed E-state index contributed by atoms with van der Waals surface area (Å²) in [5, 5.41) is 25.9. The first-order chi connectivity index (χ1) is 32.4. The number of aryl methyl sites for hydroxylation is 1. The summed E-state index contributed by atoms with van der Waals surface area (Å²) < 4.78 is 14.2. The van der Waals surface area contributed by atoms with Gasteiger partial charge in [-0.25, -0.2) is 5.43 Å². The number of hydrogen-bond donors (Lipinski definition) is 4. The molecule has 3 aliphatic rings. The molecule has 1 unspecified atom stereocenters.